The van der Waals surface area contributed by atoms with Crippen molar-refractivity contribution in [1.82, 2.24) is 0 Å². The van der Waals surface area contributed by atoms with Gasteiger partial charge in [-0.15, -0.1) is 0 Å². The minimum Gasteiger partial charge on any atom is -0.425 e. The highest BCUT2D eigenvalue weighted by molar-refractivity contribution is 6.34. The molecule has 26 heavy (non-hydrogen) atoms. The zero-order valence-corrected chi connectivity index (χ0v) is 14.2. The van der Waals surface area contributed by atoms with E-state index >= 15 is 0 Å². The fourth-order valence-corrected chi connectivity index (χ4v) is 4.56. The summed E-state index contributed by atoms with van der Waals surface area (Å²) in [4.78, 5) is 11.9. The highest BCUT2D eigenvalue weighted by atomic mass is 16.5. The van der Waals surface area contributed by atoms with Gasteiger partial charge < -0.3 is 4.74 Å². The van der Waals surface area contributed by atoms with Crippen LogP contribution >= 0.6 is 0 Å². The number of esters is 1. The third-order valence-electron chi connectivity index (χ3n) is 5.48. The number of carbonyl (C=O) groups is 1. The van der Waals surface area contributed by atoms with Crippen LogP contribution < -0.4 is 4.74 Å². The standard InChI is InChI=1S/C24H14O2/c1-13(25)26-24-19-8-4-5-14-9-10-15-11-12-18-16-6-2-3-7-17(16)23(24)22(18)21(15)20(14)19/h2-12H,1H3. The van der Waals surface area contributed by atoms with Gasteiger partial charge in [-0.3, -0.25) is 4.79 Å². The lowest BCUT2D eigenvalue weighted by molar-refractivity contribution is -0.131. The molecule has 0 saturated heterocycles. The summed E-state index contributed by atoms with van der Waals surface area (Å²) < 4.78 is 5.80. The molecule has 0 saturated carbocycles. The third-order valence-corrected chi connectivity index (χ3v) is 5.48. The third kappa shape index (κ3) is 1.55. The van der Waals surface area contributed by atoms with E-state index in [-0.39, 0.29) is 5.97 Å². The Bertz CT molecular complexity index is 1380. The van der Waals surface area contributed by atoms with Crippen LogP contribution in [0.15, 0.2) is 66.7 Å². The number of hydrogen-bond acceptors (Lipinski definition) is 2. The second-order valence-corrected chi connectivity index (χ2v) is 6.90. The van der Waals surface area contributed by atoms with E-state index in [9.17, 15) is 4.79 Å². The molecule has 2 heteroatoms. The molecule has 5 aromatic rings. The van der Waals surface area contributed by atoms with Crippen LogP contribution in [0, 0.1) is 0 Å². The van der Waals surface area contributed by atoms with Gasteiger partial charge >= 0.3 is 5.97 Å². The molecule has 0 heterocycles. The molecule has 0 aromatic heterocycles. The van der Waals surface area contributed by atoms with Crippen molar-refractivity contribution in [2.75, 3.05) is 0 Å². The Kier molecular flexibility index (Phi) is 2.46. The molecule has 2 nitrogen and oxygen atoms in total. The van der Waals surface area contributed by atoms with Gasteiger partial charge in [0.25, 0.3) is 0 Å². The van der Waals surface area contributed by atoms with Crippen molar-refractivity contribution in [2.45, 2.75) is 6.92 Å². The molecule has 122 valence electrons. The van der Waals surface area contributed by atoms with Gasteiger partial charge in [0.2, 0.25) is 0 Å². The van der Waals surface area contributed by atoms with Gasteiger partial charge in [0, 0.05) is 28.6 Å². The lowest BCUT2D eigenvalue weighted by atomic mass is 9.90. The fraction of sp³-hybridized carbons (Fsp3) is 0.0417. The quantitative estimate of drug-likeness (QED) is 0.205. The Hall–Kier alpha value is -3.39. The van der Waals surface area contributed by atoms with Crippen molar-refractivity contribution in [2.24, 2.45) is 0 Å². The minimum atomic E-state index is -0.290. The zero-order chi connectivity index (χ0) is 17.4. The summed E-state index contributed by atoms with van der Waals surface area (Å²) in [6, 6.07) is 23.3. The smallest absolute Gasteiger partial charge is 0.308 e. The van der Waals surface area contributed by atoms with Crippen molar-refractivity contribution < 1.29 is 9.53 Å². The maximum absolute atomic E-state index is 11.9. The van der Waals surface area contributed by atoms with E-state index in [0.29, 0.717) is 5.75 Å². The highest BCUT2D eigenvalue weighted by Gasteiger charge is 2.29. The highest BCUT2D eigenvalue weighted by Crippen LogP contribution is 2.56. The number of fused-ring (bicyclic) bond motifs is 3. The molecule has 0 amide bonds. The van der Waals surface area contributed by atoms with Crippen LogP contribution in [-0.2, 0) is 4.79 Å². The average Bonchev–Trinajstić information content (AvgIpc) is 3.00. The zero-order valence-electron chi connectivity index (χ0n) is 14.2. The van der Waals surface area contributed by atoms with Gasteiger partial charge in [0.15, 0.2) is 0 Å². The van der Waals surface area contributed by atoms with Gasteiger partial charge in [0.05, 0.1) is 0 Å². The van der Waals surface area contributed by atoms with Gasteiger partial charge in [-0.2, -0.15) is 0 Å². The first kappa shape index (κ1) is 13.9. The summed E-state index contributed by atoms with van der Waals surface area (Å²) in [6.07, 6.45) is 0. The number of rotatable bonds is 1. The molecule has 0 fully saturated rings. The summed E-state index contributed by atoms with van der Waals surface area (Å²) in [5.41, 5.74) is 4.60. The van der Waals surface area contributed by atoms with Crippen LogP contribution in [0.3, 0.4) is 0 Å². The van der Waals surface area contributed by atoms with Crippen LogP contribution in [0.1, 0.15) is 6.92 Å². The summed E-state index contributed by atoms with van der Waals surface area (Å²) in [5.74, 6) is 0.391. The van der Waals surface area contributed by atoms with Crippen LogP contribution in [0.25, 0.3) is 54.6 Å². The lowest BCUT2D eigenvalue weighted by Crippen LogP contribution is -2.03. The topological polar surface area (TPSA) is 26.3 Å². The van der Waals surface area contributed by atoms with Crippen LogP contribution in [0.5, 0.6) is 5.75 Å². The summed E-state index contributed by atoms with van der Waals surface area (Å²) >= 11 is 0. The molecule has 1 aliphatic rings. The maximum atomic E-state index is 11.9. The van der Waals surface area contributed by atoms with Gasteiger partial charge in [-0.25, -0.2) is 0 Å². The maximum Gasteiger partial charge on any atom is 0.308 e. The van der Waals surface area contributed by atoms with Crippen molar-refractivity contribution >= 4 is 38.3 Å². The van der Waals surface area contributed by atoms with E-state index in [1.54, 1.807) is 0 Å². The van der Waals surface area contributed by atoms with E-state index in [4.69, 9.17) is 4.74 Å². The summed E-state index contributed by atoms with van der Waals surface area (Å²) in [6.45, 7) is 1.47. The molecule has 0 N–H and O–H groups in total. The fourth-order valence-electron chi connectivity index (χ4n) is 4.56. The van der Waals surface area contributed by atoms with Gasteiger partial charge in [-0.05, 0) is 32.8 Å². The van der Waals surface area contributed by atoms with Crippen molar-refractivity contribution in [3.8, 4) is 28.0 Å². The van der Waals surface area contributed by atoms with Crippen molar-refractivity contribution in [3.05, 3.63) is 66.7 Å². The van der Waals surface area contributed by atoms with Gasteiger partial charge in [-0.1, -0.05) is 66.7 Å². The van der Waals surface area contributed by atoms with E-state index in [1.807, 2.05) is 12.1 Å². The Morgan fingerprint density at radius 3 is 2.23 bits per heavy atom. The Morgan fingerprint density at radius 1 is 0.692 bits per heavy atom. The number of benzene rings is 5. The molecule has 5 aromatic carbocycles. The molecule has 0 bridgehead atoms. The molecule has 0 aliphatic heterocycles. The second kappa shape index (κ2) is 4.61. The first-order valence-electron chi connectivity index (χ1n) is 8.76. The van der Waals surface area contributed by atoms with Crippen molar-refractivity contribution in [1.29, 1.82) is 0 Å². The van der Waals surface area contributed by atoms with Crippen LogP contribution in [0.2, 0.25) is 0 Å². The molecular formula is C24H14O2. The average molecular weight is 334 g/mol. The van der Waals surface area contributed by atoms with E-state index in [2.05, 4.69) is 54.6 Å². The lowest BCUT2D eigenvalue weighted by Gasteiger charge is -2.17. The minimum absolute atomic E-state index is 0.290. The second-order valence-electron chi connectivity index (χ2n) is 6.90. The molecule has 6 rings (SSSR count). The molecule has 0 unspecified atom stereocenters. The summed E-state index contributed by atoms with van der Waals surface area (Å²) in [5, 5.41) is 7.02. The molecule has 0 atom stereocenters. The Balaban J connectivity index is 1.98. The molecule has 0 radical (unpaired) electrons. The van der Waals surface area contributed by atoms with Gasteiger partial charge in [0.1, 0.15) is 5.75 Å². The van der Waals surface area contributed by atoms with Crippen molar-refractivity contribution in [3.63, 3.8) is 0 Å². The molecule has 0 spiro atoms. The van der Waals surface area contributed by atoms with E-state index in [1.165, 1.54) is 45.0 Å². The monoisotopic (exact) mass is 334 g/mol. The first-order valence-corrected chi connectivity index (χ1v) is 8.76. The SMILES string of the molecule is CC(=O)Oc1c2c3c(ccc4ccc5cccc1c5c43)-c1ccccc1-2. The largest absolute Gasteiger partial charge is 0.425 e. The first-order chi connectivity index (χ1) is 12.7. The Morgan fingerprint density at radius 2 is 1.42 bits per heavy atom. The number of carbonyl (C=O) groups excluding carboxylic acids is 1. The predicted octanol–water partition coefficient (Wildman–Crippen LogP) is 6.16. The van der Waals surface area contributed by atoms with Crippen LogP contribution in [-0.4, -0.2) is 5.97 Å². The van der Waals surface area contributed by atoms with E-state index < -0.39 is 0 Å². The normalized spacial score (nSPS) is 12.2. The predicted molar refractivity (Wildman–Crippen MR) is 106 cm³/mol. The molecule has 1 aliphatic carbocycles. The molecular weight excluding hydrogens is 320 g/mol. The number of ether oxygens (including phenoxy) is 1. The van der Waals surface area contributed by atoms with E-state index in [0.717, 1.165) is 16.5 Å². The van der Waals surface area contributed by atoms with Crippen LogP contribution in [0.4, 0.5) is 0 Å². The Labute approximate surface area is 150 Å². The summed E-state index contributed by atoms with van der Waals surface area (Å²) in [7, 11) is 0. The number of hydrogen-bond donors (Lipinski definition) is 0.